The Kier molecular flexibility index (Phi) is 6.05. The van der Waals surface area contributed by atoms with Gasteiger partial charge in [0.1, 0.15) is 17.6 Å². The molecule has 138 valence electrons. The molecule has 0 heterocycles. The minimum atomic E-state index is -0.692. The first kappa shape index (κ1) is 18.5. The highest BCUT2D eigenvalue weighted by Gasteiger charge is 2.21. The zero-order valence-corrected chi connectivity index (χ0v) is 15.0. The van der Waals surface area contributed by atoms with Gasteiger partial charge in [0, 0.05) is 5.69 Å². The van der Waals surface area contributed by atoms with Crippen LogP contribution in [-0.2, 0) is 4.79 Å². The minimum absolute atomic E-state index is 0.266. The predicted molar refractivity (Wildman–Crippen MR) is 105 cm³/mol. The molecule has 0 spiro atoms. The van der Waals surface area contributed by atoms with E-state index in [1.165, 1.54) is 12.1 Å². The summed E-state index contributed by atoms with van der Waals surface area (Å²) in [5.41, 5.74) is 1.89. The molecule has 3 aromatic carbocycles. The second-order valence-corrected chi connectivity index (χ2v) is 5.92. The van der Waals surface area contributed by atoms with Crippen LogP contribution in [-0.4, -0.2) is 12.5 Å². The quantitative estimate of drug-likeness (QED) is 0.619. The van der Waals surface area contributed by atoms with Gasteiger partial charge in [-0.15, -0.1) is 0 Å². The van der Waals surface area contributed by atoms with Crippen molar-refractivity contribution >= 4 is 17.3 Å². The van der Waals surface area contributed by atoms with Crippen LogP contribution in [0.25, 0.3) is 0 Å². The highest BCUT2D eigenvalue weighted by atomic mass is 19.1. The van der Waals surface area contributed by atoms with Crippen LogP contribution in [0.4, 0.5) is 15.8 Å². The van der Waals surface area contributed by atoms with Gasteiger partial charge >= 0.3 is 0 Å². The number of para-hydroxylation sites is 2. The molecular weight excluding hydrogens is 343 g/mol. The Bertz CT molecular complexity index is 900. The molecule has 4 nitrogen and oxygen atoms in total. The van der Waals surface area contributed by atoms with Crippen LogP contribution >= 0.6 is 0 Å². The number of amides is 1. The van der Waals surface area contributed by atoms with Gasteiger partial charge in [0.05, 0.1) is 12.3 Å². The first-order valence-corrected chi connectivity index (χ1v) is 8.77. The van der Waals surface area contributed by atoms with E-state index in [1.807, 2.05) is 49.4 Å². The number of carbonyl (C=O) groups excluding carboxylic acids is 1. The van der Waals surface area contributed by atoms with Crippen molar-refractivity contribution in [2.75, 3.05) is 17.2 Å². The Morgan fingerprint density at radius 2 is 1.74 bits per heavy atom. The number of rotatable bonds is 7. The summed E-state index contributed by atoms with van der Waals surface area (Å²) in [5.74, 6) is -0.0301. The summed E-state index contributed by atoms with van der Waals surface area (Å²) in [6.07, 6.45) is 0. The third-order valence-corrected chi connectivity index (χ3v) is 3.98. The molecule has 0 aromatic heterocycles. The van der Waals surface area contributed by atoms with Crippen molar-refractivity contribution in [3.05, 3.63) is 90.2 Å². The number of carbonyl (C=O) groups is 1. The minimum Gasteiger partial charge on any atom is -0.492 e. The fourth-order valence-corrected chi connectivity index (χ4v) is 2.75. The molecule has 5 heteroatoms. The third-order valence-electron chi connectivity index (χ3n) is 3.98. The second kappa shape index (κ2) is 8.85. The van der Waals surface area contributed by atoms with E-state index < -0.39 is 6.04 Å². The lowest BCUT2D eigenvalue weighted by Gasteiger charge is -2.21. The topological polar surface area (TPSA) is 50.4 Å². The lowest BCUT2D eigenvalue weighted by Crippen LogP contribution is -2.27. The number of benzene rings is 3. The molecule has 3 aromatic rings. The van der Waals surface area contributed by atoms with Crippen LogP contribution in [0.1, 0.15) is 18.5 Å². The zero-order valence-electron chi connectivity index (χ0n) is 15.0. The van der Waals surface area contributed by atoms with Crippen molar-refractivity contribution in [1.29, 1.82) is 0 Å². The molecule has 27 heavy (non-hydrogen) atoms. The monoisotopic (exact) mass is 364 g/mol. The Morgan fingerprint density at radius 3 is 2.48 bits per heavy atom. The molecule has 0 saturated heterocycles. The Labute approximate surface area is 158 Å². The average Bonchev–Trinajstić information content (AvgIpc) is 2.68. The van der Waals surface area contributed by atoms with Crippen molar-refractivity contribution in [2.45, 2.75) is 13.0 Å². The van der Waals surface area contributed by atoms with E-state index in [4.69, 9.17) is 4.74 Å². The highest BCUT2D eigenvalue weighted by Crippen LogP contribution is 2.27. The van der Waals surface area contributed by atoms with Crippen LogP contribution in [0.2, 0.25) is 0 Å². The van der Waals surface area contributed by atoms with Gasteiger partial charge in [0.25, 0.3) is 5.91 Å². The number of halogens is 1. The van der Waals surface area contributed by atoms with Gasteiger partial charge in [0.2, 0.25) is 0 Å². The lowest BCUT2D eigenvalue weighted by atomic mass is 10.1. The number of nitrogens with one attached hydrogen (secondary N) is 2. The molecule has 0 bridgehead atoms. The van der Waals surface area contributed by atoms with Crippen LogP contribution in [0.15, 0.2) is 78.9 Å². The largest absolute Gasteiger partial charge is 0.492 e. The van der Waals surface area contributed by atoms with E-state index in [9.17, 15) is 9.18 Å². The van der Waals surface area contributed by atoms with Crippen LogP contribution in [0.5, 0.6) is 5.75 Å². The van der Waals surface area contributed by atoms with E-state index in [0.29, 0.717) is 23.7 Å². The maximum absolute atomic E-state index is 13.5. The highest BCUT2D eigenvalue weighted by molar-refractivity contribution is 5.98. The molecule has 0 aliphatic rings. The Hall–Kier alpha value is -3.34. The summed E-state index contributed by atoms with van der Waals surface area (Å²) < 4.78 is 19.1. The molecule has 3 rings (SSSR count). The third kappa shape index (κ3) is 4.85. The summed E-state index contributed by atoms with van der Waals surface area (Å²) in [7, 11) is 0. The standard InChI is InChI=1S/C22H21FN2O2/c1-2-27-20-14-7-6-13-19(20)25-22(26)21(16-9-4-3-5-10-16)24-18-12-8-11-17(23)15-18/h3-15,21,24H,2H2,1H3,(H,25,26). The lowest BCUT2D eigenvalue weighted by molar-refractivity contribution is -0.117. The molecule has 0 aliphatic carbocycles. The Morgan fingerprint density at radius 1 is 1.00 bits per heavy atom. The normalized spacial score (nSPS) is 11.5. The van der Waals surface area contributed by atoms with Crippen molar-refractivity contribution < 1.29 is 13.9 Å². The SMILES string of the molecule is CCOc1ccccc1NC(=O)C(Nc1cccc(F)c1)c1ccccc1. The van der Waals surface area contributed by atoms with Crippen LogP contribution in [0.3, 0.4) is 0 Å². The average molecular weight is 364 g/mol. The molecule has 0 fully saturated rings. The van der Waals surface area contributed by atoms with Gasteiger partial charge in [0.15, 0.2) is 0 Å². The van der Waals surface area contributed by atoms with Crippen LogP contribution in [0, 0.1) is 5.82 Å². The van der Waals surface area contributed by atoms with E-state index in [0.717, 1.165) is 5.56 Å². The summed E-state index contributed by atoms with van der Waals surface area (Å²) in [5, 5.41) is 6.02. The Balaban J connectivity index is 1.87. The van der Waals surface area contributed by atoms with Gasteiger partial charge in [-0.1, -0.05) is 48.5 Å². The van der Waals surface area contributed by atoms with Crippen LogP contribution < -0.4 is 15.4 Å². The molecule has 1 unspecified atom stereocenters. The summed E-state index contributed by atoms with van der Waals surface area (Å²) in [4.78, 5) is 13.0. The molecule has 0 aliphatic heterocycles. The number of hydrogen-bond acceptors (Lipinski definition) is 3. The van der Waals surface area contributed by atoms with E-state index >= 15 is 0 Å². The van der Waals surface area contributed by atoms with E-state index in [-0.39, 0.29) is 11.7 Å². The van der Waals surface area contributed by atoms with Gasteiger partial charge < -0.3 is 15.4 Å². The zero-order chi connectivity index (χ0) is 19.1. The van der Waals surface area contributed by atoms with Crippen molar-refractivity contribution in [3.63, 3.8) is 0 Å². The number of ether oxygens (including phenoxy) is 1. The van der Waals surface area contributed by atoms with Crippen molar-refractivity contribution in [2.24, 2.45) is 0 Å². The first-order valence-electron chi connectivity index (χ1n) is 8.77. The predicted octanol–water partition coefficient (Wildman–Crippen LogP) is 5.02. The maximum Gasteiger partial charge on any atom is 0.251 e. The van der Waals surface area contributed by atoms with E-state index in [2.05, 4.69) is 10.6 Å². The maximum atomic E-state index is 13.5. The van der Waals surface area contributed by atoms with E-state index in [1.54, 1.807) is 24.3 Å². The molecule has 0 saturated carbocycles. The smallest absolute Gasteiger partial charge is 0.251 e. The second-order valence-electron chi connectivity index (χ2n) is 5.92. The van der Waals surface area contributed by atoms with Gasteiger partial charge in [-0.3, -0.25) is 4.79 Å². The molecular formula is C22H21FN2O2. The molecule has 0 radical (unpaired) electrons. The van der Waals surface area contributed by atoms with Gasteiger partial charge in [-0.05, 0) is 42.8 Å². The summed E-state index contributed by atoms with van der Waals surface area (Å²) in [6.45, 7) is 2.38. The first-order chi connectivity index (χ1) is 13.2. The summed E-state index contributed by atoms with van der Waals surface area (Å²) >= 11 is 0. The summed E-state index contributed by atoms with van der Waals surface area (Å²) in [6, 6.07) is 21.9. The van der Waals surface area contributed by atoms with Crippen molar-refractivity contribution in [1.82, 2.24) is 0 Å². The van der Waals surface area contributed by atoms with Gasteiger partial charge in [-0.2, -0.15) is 0 Å². The van der Waals surface area contributed by atoms with Gasteiger partial charge in [-0.25, -0.2) is 4.39 Å². The molecule has 1 amide bonds. The molecule has 2 N–H and O–H groups in total. The molecule has 1 atom stereocenters. The number of anilines is 2. The number of hydrogen-bond donors (Lipinski definition) is 2. The fourth-order valence-electron chi connectivity index (χ4n) is 2.75. The fraction of sp³-hybridized carbons (Fsp3) is 0.136. The van der Waals surface area contributed by atoms with Crippen molar-refractivity contribution in [3.8, 4) is 5.75 Å².